The molecular formula is C28H28N2O5. The second-order valence-corrected chi connectivity index (χ2v) is 7.90. The van der Waals surface area contributed by atoms with E-state index in [1.807, 2.05) is 66.7 Å². The van der Waals surface area contributed by atoms with Crippen LogP contribution in [0.4, 0.5) is 0 Å². The molecular weight excluding hydrogens is 444 g/mol. The SMILES string of the molecule is COc1ccc([C@H](NC(=O)Cc2ccccc2)c2nccc3cc(OC)c(OC)cc23)cc1OC. The number of carbonyl (C=O) groups excluding carboxylic acids is 1. The minimum atomic E-state index is -0.548. The number of ether oxygens (including phenoxy) is 4. The summed E-state index contributed by atoms with van der Waals surface area (Å²) in [5.41, 5.74) is 2.41. The fraction of sp³-hybridized carbons (Fsp3) is 0.214. The van der Waals surface area contributed by atoms with Gasteiger partial charge >= 0.3 is 0 Å². The lowest BCUT2D eigenvalue weighted by atomic mass is 9.97. The first kappa shape index (κ1) is 23.9. The van der Waals surface area contributed by atoms with Gasteiger partial charge in [0, 0.05) is 11.6 Å². The van der Waals surface area contributed by atoms with Gasteiger partial charge in [-0.2, -0.15) is 0 Å². The zero-order valence-corrected chi connectivity index (χ0v) is 20.2. The van der Waals surface area contributed by atoms with Crippen LogP contribution < -0.4 is 24.3 Å². The Morgan fingerprint density at radius 1 is 0.800 bits per heavy atom. The molecule has 180 valence electrons. The molecule has 0 radical (unpaired) electrons. The molecule has 3 aromatic carbocycles. The van der Waals surface area contributed by atoms with Gasteiger partial charge in [-0.15, -0.1) is 0 Å². The van der Waals surface area contributed by atoms with Gasteiger partial charge in [0.15, 0.2) is 23.0 Å². The molecule has 1 atom stereocenters. The third-order valence-corrected chi connectivity index (χ3v) is 5.83. The summed E-state index contributed by atoms with van der Waals surface area (Å²) in [4.78, 5) is 17.9. The van der Waals surface area contributed by atoms with Crippen LogP contribution in [0.1, 0.15) is 22.9 Å². The van der Waals surface area contributed by atoms with Crippen LogP contribution in [0.5, 0.6) is 23.0 Å². The number of aromatic nitrogens is 1. The summed E-state index contributed by atoms with van der Waals surface area (Å²) in [6, 6.07) is 20.3. The normalized spacial score (nSPS) is 11.5. The number of fused-ring (bicyclic) bond motifs is 1. The highest BCUT2D eigenvalue weighted by Crippen LogP contribution is 2.37. The first-order chi connectivity index (χ1) is 17.1. The Hall–Kier alpha value is -4.26. The molecule has 4 aromatic rings. The van der Waals surface area contributed by atoms with E-state index in [9.17, 15) is 4.79 Å². The third-order valence-electron chi connectivity index (χ3n) is 5.83. The minimum absolute atomic E-state index is 0.129. The molecule has 7 heteroatoms. The smallest absolute Gasteiger partial charge is 0.225 e. The Bertz CT molecular complexity index is 1320. The maximum atomic E-state index is 13.2. The quantitative estimate of drug-likeness (QED) is 0.380. The zero-order valence-electron chi connectivity index (χ0n) is 20.2. The highest BCUT2D eigenvalue weighted by atomic mass is 16.5. The standard InChI is InChI=1S/C28H28N2O5/c1-32-22-11-10-20(16-23(22)33-2)27(30-26(31)14-18-8-6-5-7-9-18)28-21-17-25(35-4)24(34-3)15-19(21)12-13-29-28/h5-13,15-17,27H,14H2,1-4H3,(H,30,31)/t27-/m0/s1. The van der Waals surface area contributed by atoms with Crippen LogP contribution in [-0.2, 0) is 11.2 Å². The van der Waals surface area contributed by atoms with Gasteiger partial charge in [0.05, 0.1) is 46.6 Å². The van der Waals surface area contributed by atoms with Crippen molar-refractivity contribution in [1.82, 2.24) is 10.3 Å². The zero-order chi connectivity index (χ0) is 24.8. The van der Waals surface area contributed by atoms with E-state index in [-0.39, 0.29) is 12.3 Å². The van der Waals surface area contributed by atoms with Crippen LogP contribution >= 0.6 is 0 Å². The number of hydrogen-bond donors (Lipinski definition) is 1. The van der Waals surface area contributed by atoms with E-state index in [1.54, 1.807) is 34.6 Å². The van der Waals surface area contributed by atoms with E-state index in [0.717, 1.165) is 21.9 Å². The summed E-state index contributed by atoms with van der Waals surface area (Å²) in [6.45, 7) is 0. The molecule has 1 amide bonds. The van der Waals surface area contributed by atoms with Gasteiger partial charge in [-0.3, -0.25) is 9.78 Å². The van der Waals surface area contributed by atoms with E-state index >= 15 is 0 Å². The Balaban J connectivity index is 1.83. The van der Waals surface area contributed by atoms with Crippen molar-refractivity contribution in [2.24, 2.45) is 0 Å². The molecule has 0 fully saturated rings. The minimum Gasteiger partial charge on any atom is -0.493 e. The lowest BCUT2D eigenvalue weighted by Gasteiger charge is -2.22. The summed E-state index contributed by atoms with van der Waals surface area (Å²) < 4.78 is 21.9. The van der Waals surface area contributed by atoms with Crippen molar-refractivity contribution >= 4 is 16.7 Å². The van der Waals surface area contributed by atoms with Crippen molar-refractivity contribution in [3.8, 4) is 23.0 Å². The van der Waals surface area contributed by atoms with Crippen LogP contribution in [0.25, 0.3) is 10.8 Å². The van der Waals surface area contributed by atoms with E-state index < -0.39 is 6.04 Å². The van der Waals surface area contributed by atoms with E-state index in [1.165, 1.54) is 0 Å². The number of hydrogen-bond acceptors (Lipinski definition) is 6. The highest BCUT2D eigenvalue weighted by Gasteiger charge is 2.23. The number of nitrogens with zero attached hydrogens (tertiary/aromatic N) is 1. The Morgan fingerprint density at radius 3 is 2.14 bits per heavy atom. The number of carbonyl (C=O) groups is 1. The number of methoxy groups -OCH3 is 4. The van der Waals surface area contributed by atoms with E-state index in [2.05, 4.69) is 10.3 Å². The molecule has 0 aliphatic heterocycles. The molecule has 1 N–H and O–H groups in total. The lowest BCUT2D eigenvalue weighted by molar-refractivity contribution is -0.120. The molecule has 4 rings (SSSR count). The summed E-state index contributed by atoms with van der Waals surface area (Å²) in [5, 5.41) is 4.93. The van der Waals surface area contributed by atoms with Gasteiger partial charge in [-0.05, 0) is 46.8 Å². The predicted octanol–water partition coefficient (Wildman–Crippen LogP) is 4.72. The second kappa shape index (κ2) is 10.8. The second-order valence-electron chi connectivity index (χ2n) is 7.90. The monoisotopic (exact) mass is 472 g/mol. The van der Waals surface area contributed by atoms with Gasteiger partial charge in [0.1, 0.15) is 0 Å². The summed E-state index contributed by atoms with van der Waals surface area (Å²) in [7, 11) is 6.36. The van der Waals surface area contributed by atoms with Gasteiger partial charge in [0.2, 0.25) is 5.91 Å². The molecule has 1 heterocycles. The number of amides is 1. The van der Waals surface area contributed by atoms with Crippen molar-refractivity contribution < 1.29 is 23.7 Å². The largest absolute Gasteiger partial charge is 0.493 e. The first-order valence-corrected chi connectivity index (χ1v) is 11.1. The predicted molar refractivity (Wildman–Crippen MR) is 135 cm³/mol. The van der Waals surface area contributed by atoms with Crippen LogP contribution in [-0.4, -0.2) is 39.3 Å². The molecule has 35 heavy (non-hydrogen) atoms. The van der Waals surface area contributed by atoms with Crippen molar-refractivity contribution in [3.63, 3.8) is 0 Å². The third kappa shape index (κ3) is 5.14. The molecule has 0 saturated carbocycles. The van der Waals surface area contributed by atoms with Gasteiger partial charge in [0.25, 0.3) is 0 Å². The summed E-state index contributed by atoms with van der Waals surface area (Å²) in [5.74, 6) is 2.23. The van der Waals surface area contributed by atoms with Crippen molar-refractivity contribution in [3.05, 3.63) is 89.7 Å². The van der Waals surface area contributed by atoms with Gasteiger partial charge in [-0.1, -0.05) is 36.4 Å². The summed E-state index contributed by atoms with van der Waals surface area (Å²) in [6.07, 6.45) is 1.97. The molecule has 1 aromatic heterocycles. The topological polar surface area (TPSA) is 78.9 Å². The van der Waals surface area contributed by atoms with Crippen LogP contribution in [0, 0.1) is 0 Å². The molecule has 0 spiro atoms. The van der Waals surface area contributed by atoms with Gasteiger partial charge in [-0.25, -0.2) is 0 Å². The fourth-order valence-electron chi connectivity index (χ4n) is 4.09. The van der Waals surface area contributed by atoms with Gasteiger partial charge < -0.3 is 24.3 Å². The molecule has 0 bridgehead atoms. The molecule has 7 nitrogen and oxygen atoms in total. The Morgan fingerprint density at radius 2 is 1.46 bits per heavy atom. The van der Waals surface area contributed by atoms with Crippen LogP contribution in [0.2, 0.25) is 0 Å². The number of rotatable bonds is 9. The Kier molecular flexibility index (Phi) is 7.35. The van der Waals surface area contributed by atoms with Crippen LogP contribution in [0.15, 0.2) is 72.9 Å². The van der Waals surface area contributed by atoms with E-state index in [4.69, 9.17) is 18.9 Å². The maximum absolute atomic E-state index is 13.2. The molecule has 0 aliphatic rings. The molecule has 0 aliphatic carbocycles. The number of pyridine rings is 1. The maximum Gasteiger partial charge on any atom is 0.225 e. The average Bonchev–Trinajstić information content (AvgIpc) is 2.90. The summed E-state index contributed by atoms with van der Waals surface area (Å²) >= 11 is 0. The van der Waals surface area contributed by atoms with Crippen molar-refractivity contribution in [1.29, 1.82) is 0 Å². The lowest BCUT2D eigenvalue weighted by Crippen LogP contribution is -2.31. The first-order valence-electron chi connectivity index (χ1n) is 11.1. The van der Waals surface area contributed by atoms with Crippen LogP contribution in [0.3, 0.4) is 0 Å². The highest BCUT2D eigenvalue weighted by molar-refractivity contribution is 5.89. The fourth-order valence-corrected chi connectivity index (χ4v) is 4.09. The molecule has 0 saturated heterocycles. The Labute approximate surface area is 204 Å². The molecule has 0 unspecified atom stereocenters. The van der Waals surface area contributed by atoms with Crippen molar-refractivity contribution in [2.45, 2.75) is 12.5 Å². The average molecular weight is 473 g/mol. The number of nitrogens with one attached hydrogen (secondary N) is 1. The van der Waals surface area contributed by atoms with E-state index in [0.29, 0.717) is 28.7 Å². The van der Waals surface area contributed by atoms with Crippen molar-refractivity contribution in [2.75, 3.05) is 28.4 Å². The number of benzene rings is 3.